The Hall–Kier alpha value is -2.11. The molecule has 0 saturated carbocycles. The highest BCUT2D eigenvalue weighted by Crippen LogP contribution is 2.18. The van der Waals surface area contributed by atoms with Gasteiger partial charge in [-0.25, -0.2) is 9.18 Å². The molecule has 0 aliphatic heterocycles. The summed E-state index contributed by atoms with van der Waals surface area (Å²) >= 11 is 0. The molecule has 0 spiro atoms. The molecule has 0 saturated heterocycles. The second kappa shape index (κ2) is 5.90. The van der Waals surface area contributed by atoms with Crippen LogP contribution < -0.4 is 5.32 Å². The first-order valence-corrected chi connectivity index (χ1v) is 6.17. The SMILES string of the molecule is Cc1cc(F)cc(NC(=O)N(CC(=O)O)C(C)(C)C)c1. The number of rotatable bonds is 3. The van der Waals surface area contributed by atoms with Crippen molar-refractivity contribution in [1.82, 2.24) is 4.90 Å². The number of carboxylic acid groups (broad SMARTS) is 1. The van der Waals surface area contributed by atoms with E-state index >= 15 is 0 Å². The Labute approximate surface area is 117 Å². The Morgan fingerprint density at radius 1 is 1.30 bits per heavy atom. The number of urea groups is 1. The van der Waals surface area contributed by atoms with E-state index in [1.54, 1.807) is 33.8 Å². The maximum Gasteiger partial charge on any atom is 0.323 e. The highest BCUT2D eigenvalue weighted by Gasteiger charge is 2.28. The third-order valence-corrected chi connectivity index (χ3v) is 2.64. The van der Waals surface area contributed by atoms with Crippen molar-refractivity contribution in [2.45, 2.75) is 33.2 Å². The lowest BCUT2D eigenvalue weighted by molar-refractivity contribution is -0.138. The van der Waals surface area contributed by atoms with E-state index < -0.39 is 29.9 Å². The first kappa shape index (κ1) is 15.9. The Balaban J connectivity index is 2.93. The predicted octanol–water partition coefficient (Wildman–Crippen LogP) is 2.85. The molecule has 20 heavy (non-hydrogen) atoms. The van der Waals surface area contributed by atoms with E-state index in [0.29, 0.717) is 11.3 Å². The number of carbonyl (C=O) groups excluding carboxylic acids is 1. The number of anilines is 1. The van der Waals surface area contributed by atoms with Crippen LogP contribution in [-0.4, -0.2) is 34.1 Å². The van der Waals surface area contributed by atoms with Gasteiger partial charge < -0.3 is 15.3 Å². The maximum absolute atomic E-state index is 13.3. The molecule has 2 amide bonds. The minimum absolute atomic E-state index is 0.298. The van der Waals surface area contributed by atoms with E-state index in [2.05, 4.69) is 5.32 Å². The second-order valence-electron chi connectivity index (χ2n) is 5.60. The number of nitrogens with one attached hydrogen (secondary N) is 1. The largest absolute Gasteiger partial charge is 0.480 e. The van der Waals surface area contributed by atoms with Crippen molar-refractivity contribution in [2.75, 3.05) is 11.9 Å². The van der Waals surface area contributed by atoms with Crippen molar-refractivity contribution >= 4 is 17.7 Å². The number of carbonyl (C=O) groups is 2. The van der Waals surface area contributed by atoms with Gasteiger partial charge in [0.1, 0.15) is 12.4 Å². The summed E-state index contributed by atoms with van der Waals surface area (Å²) in [6.07, 6.45) is 0. The second-order valence-corrected chi connectivity index (χ2v) is 5.60. The maximum atomic E-state index is 13.3. The summed E-state index contributed by atoms with van der Waals surface area (Å²) in [5.74, 6) is -1.56. The molecule has 2 N–H and O–H groups in total. The first-order valence-electron chi connectivity index (χ1n) is 6.17. The van der Waals surface area contributed by atoms with Crippen LogP contribution in [0.1, 0.15) is 26.3 Å². The summed E-state index contributed by atoms with van der Waals surface area (Å²) in [6, 6.07) is 3.56. The third kappa shape index (κ3) is 4.53. The van der Waals surface area contributed by atoms with Crippen molar-refractivity contribution < 1.29 is 19.1 Å². The first-order chi connectivity index (χ1) is 9.09. The minimum Gasteiger partial charge on any atom is -0.480 e. The van der Waals surface area contributed by atoms with Gasteiger partial charge in [-0.1, -0.05) is 0 Å². The van der Waals surface area contributed by atoms with Crippen LogP contribution in [0, 0.1) is 12.7 Å². The van der Waals surface area contributed by atoms with Crippen molar-refractivity contribution in [3.63, 3.8) is 0 Å². The molecule has 1 aromatic carbocycles. The fourth-order valence-corrected chi connectivity index (χ4v) is 1.75. The summed E-state index contributed by atoms with van der Waals surface area (Å²) < 4.78 is 13.3. The number of hydrogen-bond donors (Lipinski definition) is 2. The minimum atomic E-state index is -1.11. The van der Waals surface area contributed by atoms with Crippen LogP contribution in [0.5, 0.6) is 0 Å². The molecule has 0 radical (unpaired) electrons. The van der Waals surface area contributed by atoms with Crippen LogP contribution >= 0.6 is 0 Å². The van der Waals surface area contributed by atoms with E-state index in [0.717, 1.165) is 0 Å². The zero-order valence-electron chi connectivity index (χ0n) is 12.0. The van der Waals surface area contributed by atoms with Crippen LogP contribution in [0.2, 0.25) is 0 Å². The topological polar surface area (TPSA) is 69.6 Å². The number of halogens is 1. The lowest BCUT2D eigenvalue weighted by Gasteiger charge is -2.34. The van der Waals surface area contributed by atoms with Crippen LogP contribution in [0.3, 0.4) is 0 Å². The van der Waals surface area contributed by atoms with E-state index in [1.165, 1.54) is 17.0 Å². The van der Waals surface area contributed by atoms with Crippen LogP contribution in [0.4, 0.5) is 14.9 Å². The van der Waals surface area contributed by atoms with Crippen molar-refractivity contribution in [3.05, 3.63) is 29.6 Å². The fourth-order valence-electron chi connectivity index (χ4n) is 1.75. The number of aliphatic carboxylic acids is 1. The number of carboxylic acids is 1. The molecule has 0 bridgehead atoms. The third-order valence-electron chi connectivity index (χ3n) is 2.64. The van der Waals surface area contributed by atoms with E-state index in [1.807, 2.05) is 0 Å². The van der Waals surface area contributed by atoms with E-state index in [9.17, 15) is 14.0 Å². The average Bonchev–Trinajstić information content (AvgIpc) is 2.22. The number of aryl methyl sites for hydroxylation is 1. The lowest BCUT2D eigenvalue weighted by Crippen LogP contribution is -2.50. The summed E-state index contributed by atoms with van der Waals surface area (Å²) in [5.41, 5.74) is 0.304. The monoisotopic (exact) mass is 282 g/mol. The van der Waals surface area contributed by atoms with Crippen LogP contribution in [0.15, 0.2) is 18.2 Å². The Bertz CT molecular complexity index is 503. The number of hydrogen-bond acceptors (Lipinski definition) is 2. The smallest absolute Gasteiger partial charge is 0.323 e. The molecule has 0 fully saturated rings. The number of nitrogens with zero attached hydrogens (tertiary/aromatic N) is 1. The van der Waals surface area contributed by atoms with Gasteiger partial charge in [-0.05, 0) is 51.5 Å². The molecule has 0 aliphatic rings. The molecule has 0 atom stereocenters. The van der Waals surface area contributed by atoms with Gasteiger partial charge in [-0.2, -0.15) is 0 Å². The van der Waals surface area contributed by atoms with Crippen molar-refractivity contribution in [3.8, 4) is 0 Å². The van der Waals surface area contributed by atoms with Gasteiger partial charge in [-0.15, -0.1) is 0 Å². The number of benzene rings is 1. The average molecular weight is 282 g/mol. The summed E-state index contributed by atoms with van der Waals surface area (Å²) in [7, 11) is 0. The van der Waals surface area contributed by atoms with E-state index in [-0.39, 0.29) is 0 Å². The lowest BCUT2D eigenvalue weighted by atomic mass is 10.1. The van der Waals surface area contributed by atoms with E-state index in [4.69, 9.17) is 5.11 Å². The zero-order chi connectivity index (χ0) is 15.5. The molecule has 0 aliphatic carbocycles. The molecular formula is C14H19FN2O3. The van der Waals surface area contributed by atoms with Gasteiger partial charge in [0.05, 0.1) is 0 Å². The van der Waals surface area contributed by atoms with Gasteiger partial charge >= 0.3 is 12.0 Å². The summed E-state index contributed by atoms with van der Waals surface area (Å²) in [6.45, 7) is 6.46. The van der Waals surface area contributed by atoms with Gasteiger partial charge in [0.2, 0.25) is 0 Å². The molecule has 1 aromatic rings. The molecule has 0 heterocycles. The quantitative estimate of drug-likeness (QED) is 0.895. The van der Waals surface area contributed by atoms with Gasteiger partial charge in [-0.3, -0.25) is 4.79 Å². The van der Waals surface area contributed by atoms with Gasteiger partial charge in [0.25, 0.3) is 0 Å². The van der Waals surface area contributed by atoms with Crippen LogP contribution in [-0.2, 0) is 4.79 Å². The summed E-state index contributed by atoms with van der Waals surface area (Å²) in [4.78, 5) is 24.2. The molecular weight excluding hydrogens is 263 g/mol. The Morgan fingerprint density at radius 2 is 1.90 bits per heavy atom. The molecule has 5 nitrogen and oxygen atoms in total. The highest BCUT2D eigenvalue weighted by molar-refractivity contribution is 5.91. The Kier molecular flexibility index (Phi) is 4.70. The van der Waals surface area contributed by atoms with Crippen molar-refractivity contribution in [1.29, 1.82) is 0 Å². The normalized spacial score (nSPS) is 11.1. The molecule has 0 aromatic heterocycles. The summed E-state index contributed by atoms with van der Waals surface area (Å²) in [5, 5.41) is 11.4. The molecule has 110 valence electrons. The predicted molar refractivity (Wildman–Crippen MR) is 74.3 cm³/mol. The fraction of sp³-hybridized carbons (Fsp3) is 0.429. The van der Waals surface area contributed by atoms with Crippen molar-refractivity contribution in [2.24, 2.45) is 0 Å². The van der Waals surface area contributed by atoms with Crippen LogP contribution in [0.25, 0.3) is 0 Å². The Morgan fingerprint density at radius 3 is 2.35 bits per heavy atom. The zero-order valence-corrected chi connectivity index (χ0v) is 12.0. The molecule has 1 rings (SSSR count). The molecule has 0 unspecified atom stereocenters. The highest BCUT2D eigenvalue weighted by atomic mass is 19.1. The standard InChI is InChI=1S/C14H19FN2O3/c1-9-5-10(15)7-11(6-9)16-13(20)17(8-12(18)19)14(2,3)4/h5-7H,8H2,1-4H3,(H,16,20)(H,18,19). The molecule has 6 heteroatoms. The van der Waals surface area contributed by atoms with Gasteiger partial charge in [0, 0.05) is 11.2 Å². The number of amides is 2. The van der Waals surface area contributed by atoms with Gasteiger partial charge in [0.15, 0.2) is 0 Å².